The van der Waals surface area contributed by atoms with E-state index in [2.05, 4.69) is 15.3 Å². The lowest BCUT2D eigenvalue weighted by molar-refractivity contribution is -0.385. The summed E-state index contributed by atoms with van der Waals surface area (Å²) in [6, 6.07) is 3.76. The molecule has 136 valence electrons. The average molecular weight is 351 g/mol. The van der Waals surface area contributed by atoms with Crippen molar-refractivity contribution in [1.82, 2.24) is 5.43 Å². The molecular formula is C16H21N3O6. The second-order valence-corrected chi connectivity index (χ2v) is 5.29. The largest absolute Gasteiger partial charge is 0.502 e. The fourth-order valence-electron chi connectivity index (χ4n) is 2.02. The van der Waals surface area contributed by atoms with Gasteiger partial charge in [0.15, 0.2) is 5.75 Å². The highest BCUT2D eigenvalue weighted by Gasteiger charge is 2.12. The predicted octanol–water partition coefficient (Wildman–Crippen LogP) is 2.26. The number of hydrogen-bond acceptors (Lipinski definition) is 7. The van der Waals surface area contributed by atoms with Crippen molar-refractivity contribution >= 4 is 23.8 Å². The summed E-state index contributed by atoms with van der Waals surface area (Å²) in [5, 5.41) is 23.8. The van der Waals surface area contributed by atoms with E-state index in [4.69, 9.17) is 0 Å². The van der Waals surface area contributed by atoms with E-state index in [-0.39, 0.29) is 11.9 Å². The Morgan fingerprint density at radius 2 is 1.96 bits per heavy atom. The molecule has 0 aliphatic heterocycles. The molecule has 0 atom stereocenters. The predicted molar refractivity (Wildman–Crippen MR) is 90.2 cm³/mol. The number of carbonyl (C=O) groups excluding carboxylic acids is 2. The number of phenols is 1. The van der Waals surface area contributed by atoms with Crippen molar-refractivity contribution in [2.24, 2.45) is 5.10 Å². The maximum absolute atomic E-state index is 11.6. The molecule has 9 nitrogen and oxygen atoms in total. The first-order valence-corrected chi connectivity index (χ1v) is 7.80. The van der Waals surface area contributed by atoms with Gasteiger partial charge in [0.25, 0.3) is 0 Å². The lowest BCUT2D eigenvalue weighted by Crippen LogP contribution is -2.16. The molecule has 0 saturated heterocycles. The summed E-state index contributed by atoms with van der Waals surface area (Å²) in [6.45, 7) is 0. The minimum Gasteiger partial charge on any atom is -0.502 e. The van der Waals surface area contributed by atoms with Crippen LogP contribution < -0.4 is 5.43 Å². The van der Waals surface area contributed by atoms with Gasteiger partial charge < -0.3 is 9.84 Å². The summed E-state index contributed by atoms with van der Waals surface area (Å²) < 4.78 is 4.53. The molecule has 0 fully saturated rings. The number of nitrogens with zero attached hydrogens (tertiary/aromatic N) is 2. The minimum absolute atomic E-state index is 0.232. The number of nitro groups is 1. The van der Waals surface area contributed by atoms with Crippen LogP contribution in [-0.4, -0.2) is 35.2 Å². The molecule has 0 unspecified atom stereocenters. The third kappa shape index (κ3) is 7.91. The van der Waals surface area contributed by atoms with Crippen molar-refractivity contribution in [3.05, 3.63) is 33.9 Å². The lowest BCUT2D eigenvalue weighted by atomic mass is 10.1. The van der Waals surface area contributed by atoms with Gasteiger partial charge in [0, 0.05) is 18.9 Å². The van der Waals surface area contributed by atoms with Gasteiger partial charge >= 0.3 is 11.7 Å². The van der Waals surface area contributed by atoms with Crippen molar-refractivity contribution in [1.29, 1.82) is 0 Å². The fraction of sp³-hybridized carbons (Fsp3) is 0.438. The molecule has 2 N–H and O–H groups in total. The summed E-state index contributed by atoms with van der Waals surface area (Å²) in [6.07, 6.45) is 5.06. The van der Waals surface area contributed by atoms with E-state index in [1.54, 1.807) is 0 Å². The number of methoxy groups -OCH3 is 1. The molecule has 0 spiro atoms. The second-order valence-electron chi connectivity index (χ2n) is 5.29. The third-order valence-electron chi connectivity index (χ3n) is 3.36. The van der Waals surface area contributed by atoms with Gasteiger partial charge in [0.1, 0.15) is 0 Å². The van der Waals surface area contributed by atoms with Crippen LogP contribution in [-0.2, 0) is 14.3 Å². The van der Waals surface area contributed by atoms with Gasteiger partial charge in [-0.05, 0) is 30.5 Å². The third-order valence-corrected chi connectivity index (χ3v) is 3.36. The van der Waals surface area contributed by atoms with Gasteiger partial charge in [-0.1, -0.05) is 12.8 Å². The molecule has 25 heavy (non-hydrogen) atoms. The van der Waals surface area contributed by atoms with Crippen LogP contribution >= 0.6 is 0 Å². The van der Waals surface area contributed by atoms with Gasteiger partial charge in [-0.2, -0.15) is 5.10 Å². The van der Waals surface area contributed by atoms with Crippen molar-refractivity contribution in [3.63, 3.8) is 0 Å². The first kappa shape index (κ1) is 20.1. The fourth-order valence-corrected chi connectivity index (χ4v) is 2.02. The minimum atomic E-state index is -0.691. The smallest absolute Gasteiger partial charge is 0.310 e. The normalized spacial score (nSPS) is 10.6. The molecule has 0 aliphatic rings. The van der Waals surface area contributed by atoms with Crippen LogP contribution in [0.25, 0.3) is 0 Å². The molecule has 0 aliphatic carbocycles. The van der Waals surface area contributed by atoms with Gasteiger partial charge in [0.05, 0.1) is 18.2 Å². The number of nitrogens with one attached hydrogen (secondary N) is 1. The topological polar surface area (TPSA) is 131 Å². The monoisotopic (exact) mass is 351 g/mol. The summed E-state index contributed by atoms with van der Waals surface area (Å²) in [5.74, 6) is -0.952. The lowest BCUT2D eigenvalue weighted by Gasteiger charge is -2.01. The van der Waals surface area contributed by atoms with Crippen molar-refractivity contribution in [2.75, 3.05) is 7.11 Å². The number of nitro benzene ring substituents is 1. The Balaban J connectivity index is 2.25. The molecule has 9 heteroatoms. The quantitative estimate of drug-likeness (QED) is 0.218. The summed E-state index contributed by atoms with van der Waals surface area (Å²) in [5.41, 5.74) is 2.37. The zero-order valence-electron chi connectivity index (χ0n) is 13.9. The first-order valence-electron chi connectivity index (χ1n) is 7.80. The average Bonchev–Trinajstić information content (AvgIpc) is 2.57. The zero-order valence-corrected chi connectivity index (χ0v) is 13.9. The Morgan fingerprint density at radius 1 is 1.28 bits per heavy atom. The molecule has 0 radical (unpaired) electrons. The molecule has 1 amide bonds. The number of ether oxygens (including phenoxy) is 1. The number of carbonyl (C=O) groups is 2. The Hall–Kier alpha value is -2.97. The molecule has 0 saturated carbocycles. The number of phenolic OH excluding ortho intramolecular Hbond substituents is 1. The Labute approximate surface area is 144 Å². The van der Waals surface area contributed by atoms with E-state index in [9.17, 15) is 24.8 Å². The van der Waals surface area contributed by atoms with E-state index >= 15 is 0 Å². The SMILES string of the molecule is COC(=O)CCCCCCC(=O)N/N=C/c1ccc([N+](=O)[O-])c(O)c1. The summed E-state index contributed by atoms with van der Waals surface area (Å²) in [7, 11) is 1.35. The highest BCUT2D eigenvalue weighted by Crippen LogP contribution is 2.25. The molecule has 1 rings (SSSR count). The van der Waals surface area contributed by atoms with Crippen LogP contribution in [0.1, 0.15) is 44.1 Å². The highest BCUT2D eigenvalue weighted by atomic mass is 16.6. The molecule has 0 bridgehead atoms. The van der Waals surface area contributed by atoms with Crippen molar-refractivity contribution in [2.45, 2.75) is 38.5 Å². The molecular weight excluding hydrogens is 330 g/mol. The van der Waals surface area contributed by atoms with E-state index in [1.807, 2.05) is 0 Å². The van der Waals surface area contributed by atoms with E-state index in [0.717, 1.165) is 25.3 Å². The van der Waals surface area contributed by atoms with Gasteiger partial charge in [-0.3, -0.25) is 19.7 Å². The molecule has 1 aromatic carbocycles. The van der Waals surface area contributed by atoms with E-state index < -0.39 is 16.4 Å². The van der Waals surface area contributed by atoms with Crippen LogP contribution in [0.3, 0.4) is 0 Å². The number of unbranched alkanes of at least 4 members (excludes halogenated alkanes) is 3. The maximum Gasteiger partial charge on any atom is 0.310 e. The van der Waals surface area contributed by atoms with E-state index in [0.29, 0.717) is 24.8 Å². The molecule has 0 aromatic heterocycles. The van der Waals surface area contributed by atoms with Crippen LogP contribution in [0.15, 0.2) is 23.3 Å². The number of hydrogen-bond donors (Lipinski definition) is 2. The number of hydrazone groups is 1. The number of aromatic hydroxyl groups is 1. The number of rotatable bonds is 10. The number of benzene rings is 1. The Kier molecular flexibility index (Phi) is 8.62. The molecule has 1 aromatic rings. The van der Waals surface area contributed by atoms with Gasteiger partial charge in [-0.25, -0.2) is 5.43 Å². The first-order chi connectivity index (χ1) is 11.9. The van der Waals surface area contributed by atoms with E-state index in [1.165, 1.54) is 25.5 Å². The Morgan fingerprint density at radius 3 is 2.56 bits per heavy atom. The van der Waals surface area contributed by atoms with Gasteiger partial charge in [0.2, 0.25) is 5.91 Å². The second kappa shape index (κ2) is 10.7. The van der Waals surface area contributed by atoms with Crippen LogP contribution in [0.5, 0.6) is 5.75 Å². The molecule has 0 heterocycles. The Bertz CT molecular complexity index is 645. The van der Waals surface area contributed by atoms with Crippen LogP contribution in [0, 0.1) is 10.1 Å². The highest BCUT2D eigenvalue weighted by molar-refractivity contribution is 5.83. The summed E-state index contributed by atoms with van der Waals surface area (Å²) in [4.78, 5) is 32.4. The standard InChI is InChI=1S/C16H21N3O6/c1-25-16(22)7-5-3-2-4-6-15(21)18-17-11-12-8-9-13(19(23)24)14(20)10-12/h8-11,20H,2-7H2,1H3,(H,18,21)/b17-11+. The summed E-state index contributed by atoms with van der Waals surface area (Å²) >= 11 is 0. The van der Waals surface area contributed by atoms with Gasteiger partial charge in [-0.15, -0.1) is 0 Å². The number of amides is 1. The van der Waals surface area contributed by atoms with Crippen molar-refractivity contribution in [3.8, 4) is 5.75 Å². The number of esters is 1. The van der Waals surface area contributed by atoms with Crippen LogP contribution in [0.4, 0.5) is 5.69 Å². The zero-order chi connectivity index (χ0) is 18.7. The van der Waals surface area contributed by atoms with Crippen molar-refractivity contribution < 1.29 is 24.4 Å². The maximum atomic E-state index is 11.6. The van der Waals surface area contributed by atoms with Crippen LogP contribution in [0.2, 0.25) is 0 Å².